The Morgan fingerprint density at radius 2 is 1.64 bits per heavy atom. The van der Waals surface area contributed by atoms with Crippen molar-refractivity contribution in [2.45, 2.75) is 78.3 Å². The van der Waals surface area contributed by atoms with Crippen molar-refractivity contribution in [1.82, 2.24) is 19.3 Å². The molecule has 13 heteroatoms. The minimum absolute atomic E-state index is 0.0420. The van der Waals surface area contributed by atoms with Gasteiger partial charge in [-0.2, -0.15) is 12.7 Å². The number of halogens is 1. The highest BCUT2D eigenvalue weighted by molar-refractivity contribution is 7.84. The Morgan fingerprint density at radius 1 is 0.897 bits per heavy atom. The molecule has 0 spiro atoms. The molecule has 58 heavy (non-hydrogen) atoms. The second-order valence-electron chi connectivity index (χ2n) is 14.4. The SMILES string of the molecule is CCOC(=O)CC(c1ccc(Cl)c([C@@H](C)N2Cc3cc(OCc4ccccc4)ccc3OS2(=O)=O)c1)c1ccc2c(nnn2CCCCOCc2ccccc2)c1C. The van der Waals surface area contributed by atoms with E-state index in [1.165, 1.54) is 4.31 Å². The molecule has 1 aromatic heterocycles. The van der Waals surface area contributed by atoms with Crippen molar-refractivity contribution >= 4 is 38.9 Å². The number of aromatic nitrogens is 3. The van der Waals surface area contributed by atoms with E-state index in [1.54, 1.807) is 38.1 Å². The number of nitrogens with zero attached hydrogens (tertiary/aromatic N) is 4. The standard InChI is InChI=1S/C45H47ClN4O7S/c1-4-55-44(51)27-40(38-19-21-42-45(31(38)2)47-48-49(42)23-11-12-24-54-29-33-13-7-5-8-14-33)35-17-20-41(46)39(26-35)32(3)50-28-36-25-37(18-22-43(36)57-58(50,52)53)56-30-34-15-9-6-10-16-34/h5-10,13-22,25-26,32,40H,4,11-12,23-24,27-30H2,1-3H3/t32-,40?/m1/s1. The summed E-state index contributed by atoms with van der Waals surface area (Å²) in [4.78, 5) is 13.1. The highest BCUT2D eigenvalue weighted by Gasteiger charge is 2.37. The monoisotopic (exact) mass is 822 g/mol. The number of carbonyl (C=O) groups is 1. The minimum Gasteiger partial charge on any atom is -0.489 e. The zero-order chi connectivity index (χ0) is 40.6. The average molecular weight is 823 g/mol. The lowest BCUT2D eigenvalue weighted by Crippen LogP contribution is -2.39. The molecule has 0 fully saturated rings. The van der Waals surface area contributed by atoms with Gasteiger partial charge in [0.25, 0.3) is 0 Å². The van der Waals surface area contributed by atoms with Crippen LogP contribution in [0.25, 0.3) is 11.0 Å². The van der Waals surface area contributed by atoms with E-state index < -0.39 is 22.3 Å². The number of fused-ring (bicyclic) bond motifs is 2. The number of unbranched alkanes of at least 4 members (excludes halogenated alkanes) is 1. The molecule has 6 aromatic rings. The third-order valence-electron chi connectivity index (χ3n) is 10.4. The van der Waals surface area contributed by atoms with Crippen LogP contribution in [0.2, 0.25) is 5.02 Å². The van der Waals surface area contributed by atoms with Crippen LogP contribution in [0.3, 0.4) is 0 Å². The zero-order valence-electron chi connectivity index (χ0n) is 32.8. The van der Waals surface area contributed by atoms with Gasteiger partial charge in [0, 0.05) is 36.2 Å². The van der Waals surface area contributed by atoms with Crippen molar-refractivity contribution in [3.63, 3.8) is 0 Å². The van der Waals surface area contributed by atoms with Crippen LogP contribution in [0.15, 0.2) is 109 Å². The summed E-state index contributed by atoms with van der Waals surface area (Å²) in [6.45, 7) is 8.11. The van der Waals surface area contributed by atoms with E-state index in [1.807, 2.05) is 84.4 Å². The van der Waals surface area contributed by atoms with Gasteiger partial charge in [0.15, 0.2) is 0 Å². The Balaban J connectivity index is 1.10. The molecule has 1 aliphatic heterocycles. The van der Waals surface area contributed by atoms with Crippen molar-refractivity contribution in [3.05, 3.63) is 153 Å². The van der Waals surface area contributed by atoms with Crippen LogP contribution in [0, 0.1) is 6.92 Å². The topological polar surface area (TPSA) is 122 Å². The molecule has 1 aliphatic rings. The van der Waals surface area contributed by atoms with Gasteiger partial charge in [-0.3, -0.25) is 4.79 Å². The molecular weight excluding hydrogens is 776 g/mol. The number of benzene rings is 5. The highest BCUT2D eigenvalue weighted by atomic mass is 35.5. The lowest BCUT2D eigenvalue weighted by atomic mass is 9.84. The fourth-order valence-electron chi connectivity index (χ4n) is 7.33. The Hall–Kier alpha value is -5.27. The maximum Gasteiger partial charge on any atom is 0.386 e. The lowest BCUT2D eigenvalue weighted by Gasteiger charge is -2.33. The summed E-state index contributed by atoms with van der Waals surface area (Å²) in [6.07, 6.45) is 1.81. The first-order chi connectivity index (χ1) is 28.1. The average Bonchev–Trinajstić information content (AvgIpc) is 3.65. The van der Waals surface area contributed by atoms with Gasteiger partial charge in [-0.25, -0.2) is 4.68 Å². The number of aryl methyl sites for hydroxylation is 2. The molecule has 5 aromatic carbocycles. The van der Waals surface area contributed by atoms with Crippen LogP contribution in [-0.4, -0.2) is 46.9 Å². The summed E-state index contributed by atoms with van der Waals surface area (Å²) in [5.74, 6) is 0.0402. The quantitative estimate of drug-likeness (QED) is 0.0655. The number of esters is 1. The normalized spacial score (nSPS) is 14.7. The molecule has 7 rings (SSSR count). The molecule has 0 N–H and O–H groups in total. The Bertz CT molecular complexity index is 2460. The van der Waals surface area contributed by atoms with Gasteiger partial charge in [-0.15, -0.1) is 5.10 Å². The summed E-state index contributed by atoms with van der Waals surface area (Å²) < 4.78 is 53.3. The molecule has 1 unspecified atom stereocenters. The van der Waals surface area contributed by atoms with Crippen LogP contribution in [0.5, 0.6) is 11.5 Å². The second kappa shape index (κ2) is 18.5. The van der Waals surface area contributed by atoms with Crippen molar-refractivity contribution in [3.8, 4) is 11.5 Å². The number of hydrogen-bond donors (Lipinski definition) is 0. The van der Waals surface area contributed by atoms with E-state index >= 15 is 0 Å². The first-order valence-corrected chi connectivity index (χ1v) is 21.3. The van der Waals surface area contributed by atoms with Crippen LogP contribution >= 0.6 is 11.6 Å². The van der Waals surface area contributed by atoms with E-state index in [-0.39, 0.29) is 31.3 Å². The van der Waals surface area contributed by atoms with Gasteiger partial charge >= 0.3 is 16.3 Å². The fourth-order valence-corrected chi connectivity index (χ4v) is 8.89. The maximum atomic E-state index is 13.6. The van der Waals surface area contributed by atoms with Gasteiger partial charge < -0.3 is 18.4 Å². The maximum absolute atomic E-state index is 13.6. The van der Waals surface area contributed by atoms with Crippen LogP contribution in [0.4, 0.5) is 0 Å². The number of rotatable bonds is 17. The summed E-state index contributed by atoms with van der Waals surface area (Å²) in [5, 5.41) is 9.42. The van der Waals surface area contributed by atoms with Crippen LogP contribution < -0.4 is 8.92 Å². The predicted octanol–water partition coefficient (Wildman–Crippen LogP) is 9.25. The van der Waals surface area contributed by atoms with Crippen LogP contribution in [-0.2, 0) is 50.9 Å². The number of hydrogen-bond acceptors (Lipinski definition) is 9. The van der Waals surface area contributed by atoms with E-state index in [9.17, 15) is 13.2 Å². The first-order valence-electron chi connectivity index (χ1n) is 19.5. The van der Waals surface area contributed by atoms with Gasteiger partial charge in [0.2, 0.25) is 0 Å². The van der Waals surface area contributed by atoms with E-state index in [4.69, 9.17) is 30.0 Å². The first kappa shape index (κ1) is 40.9. The molecule has 11 nitrogen and oxygen atoms in total. The second-order valence-corrected chi connectivity index (χ2v) is 16.3. The fraction of sp³-hybridized carbons (Fsp3) is 0.311. The van der Waals surface area contributed by atoms with Crippen molar-refractivity contribution in [1.29, 1.82) is 0 Å². The summed E-state index contributed by atoms with van der Waals surface area (Å²) >= 11 is 6.84. The molecule has 0 saturated carbocycles. The van der Waals surface area contributed by atoms with E-state index in [0.29, 0.717) is 48.3 Å². The molecule has 0 radical (unpaired) electrons. The van der Waals surface area contributed by atoms with Gasteiger partial charge in [0.1, 0.15) is 23.6 Å². The molecule has 2 heterocycles. The molecule has 0 amide bonds. The largest absolute Gasteiger partial charge is 0.489 e. The molecule has 0 bridgehead atoms. The van der Waals surface area contributed by atoms with Gasteiger partial charge in [-0.05, 0) is 97.3 Å². The number of carbonyl (C=O) groups excluding carboxylic acids is 1. The highest BCUT2D eigenvalue weighted by Crippen LogP contribution is 2.41. The molecular formula is C45H47ClN4O7S. The molecule has 302 valence electrons. The third-order valence-corrected chi connectivity index (χ3v) is 12.2. The van der Waals surface area contributed by atoms with Crippen molar-refractivity contribution < 1.29 is 31.6 Å². The Morgan fingerprint density at radius 3 is 2.38 bits per heavy atom. The lowest BCUT2D eigenvalue weighted by molar-refractivity contribution is -0.143. The summed E-state index contributed by atoms with van der Waals surface area (Å²) in [5.41, 5.74) is 7.59. The third kappa shape index (κ3) is 9.53. The van der Waals surface area contributed by atoms with E-state index in [2.05, 4.69) is 22.4 Å². The van der Waals surface area contributed by atoms with Crippen LogP contribution in [0.1, 0.15) is 84.0 Å². The van der Waals surface area contributed by atoms with Gasteiger partial charge in [-0.1, -0.05) is 95.7 Å². The molecule has 0 saturated heterocycles. The molecule has 0 aliphatic carbocycles. The number of ether oxygens (including phenoxy) is 3. The molecule has 2 atom stereocenters. The van der Waals surface area contributed by atoms with Gasteiger partial charge in [0.05, 0.1) is 31.2 Å². The van der Waals surface area contributed by atoms with E-state index in [0.717, 1.165) is 51.7 Å². The van der Waals surface area contributed by atoms with Crippen molar-refractivity contribution in [2.75, 3.05) is 13.2 Å². The van der Waals surface area contributed by atoms with Crippen molar-refractivity contribution in [2.24, 2.45) is 0 Å². The smallest absolute Gasteiger partial charge is 0.386 e. The Labute approximate surface area is 344 Å². The summed E-state index contributed by atoms with van der Waals surface area (Å²) in [6, 6.07) is 33.8. The Kier molecular flexibility index (Phi) is 13.1. The summed E-state index contributed by atoms with van der Waals surface area (Å²) in [7, 11) is -4.20. The zero-order valence-corrected chi connectivity index (χ0v) is 34.4. The predicted molar refractivity (Wildman–Crippen MR) is 223 cm³/mol. The minimum atomic E-state index is -4.20.